The summed E-state index contributed by atoms with van der Waals surface area (Å²) >= 11 is 12.3. The summed E-state index contributed by atoms with van der Waals surface area (Å²) in [7, 11) is -4.09. The van der Waals surface area contributed by atoms with E-state index in [0.717, 1.165) is 16.4 Å². The maximum atomic E-state index is 13.5. The molecule has 6 nitrogen and oxygen atoms in total. The molecule has 0 saturated carbocycles. The minimum absolute atomic E-state index is 0.131. The maximum absolute atomic E-state index is 13.5. The van der Waals surface area contributed by atoms with Crippen molar-refractivity contribution in [1.82, 2.24) is 9.79 Å². The lowest BCUT2D eigenvalue weighted by Crippen LogP contribution is -2.34. The highest BCUT2D eigenvalue weighted by atomic mass is 35.5. The Balaban J connectivity index is 2.44. The highest BCUT2D eigenvalue weighted by Crippen LogP contribution is 2.28. The summed E-state index contributed by atoms with van der Waals surface area (Å²) in [6.45, 7) is 1.01. The van der Waals surface area contributed by atoms with E-state index in [1.807, 2.05) is 0 Å². The van der Waals surface area contributed by atoms with Crippen molar-refractivity contribution in [3.8, 4) is 0 Å². The summed E-state index contributed by atoms with van der Waals surface area (Å²) in [5.74, 6) is -1.29. The molecule has 0 aliphatic heterocycles. The SMILES string of the molecule is Cc1cc(S(=O)(=O)N(CCC(=O)NO)Cc2c(Cl)cccc2Cl)ccc1F. The number of carbonyl (C=O) groups is 1. The van der Waals surface area contributed by atoms with Crippen LogP contribution in [0.5, 0.6) is 0 Å². The molecule has 0 bridgehead atoms. The number of benzene rings is 2. The second kappa shape index (κ2) is 8.99. The van der Waals surface area contributed by atoms with Gasteiger partial charge in [0.2, 0.25) is 15.9 Å². The molecule has 0 spiro atoms. The number of halogens is 3. The van der Waals surface area contributed by atoms with E-state index in [-0.39, 0.29) is 40.0 Å². The average molecular weight is 435 g/mol. The molecule has 2 aromatic rings. The van der Waals surface area contributed by atoms with E-state index in [1.165, 1.54) is 18.5 Å². The van der Waals surface area contributed by atoms with Gasteiger partial charge in [0.05, 0.1) is 4.90 Å². The third-order valence-electron chi connectivity index (χ3n) is 3.88. The van der Waals surface area contributed by atoms with Gasteiger partial charge in [-0.15, -0.1) is 0 Å². The third kappa shape index (κ3) is 5.18. The van der Waals surface area contributed by atoms with Crippen LogP contribution < -0.4 is 5.48 Å². The monoisotopic (exact) mass is 434 g/mol. The van der Waals surface area contributed by atoms with E-state index >= 15 is 0 Å². The predicted molar refractivity (Wildman–Crippen MR) is 99.7 cm³/mol. The van der Waals surface area contributed by atoms with Crippen molar-refractivity contribution in [2.75, 3.05) is 6.54 Å². The lowest BCUT2D eigenvalue weighted by atomic mass is 10.2. The molecule has 27 heavy (non-hydrogen) atoms. The van der Waals surface area contributed by atoms with Crippen LogP contribution in [0.15, 0.2) is 41.3 Å². The third-order valence-corrected chi connectivity index (χ3v) is 6.43. The summed E-state index contributed by atoms with van der Waals surface area (Å²) in [6, 6.07) is 8.16. The predicted octanol–water partition coefficient (Wildman–Crippen LogP) is 3.53. The Bertz CT molecular complexity index is 934. The number of rotatable bonds is 7. The van der Waals surface area contributed by atoms with Crippen molar-refractivity contribution < 1.29 is 22.8 Å². The molecule has 0 aliphatic carbocycles. The van der Waals surface area contributed by atoms with Gasteiger partial charge in [-0.1, -0.05) is 29.3 Å². The number of carbonyl (C=O) groups excluding carboxylic acids is 1. The van der Waals surface area contributed by atoms with Gasteiger partial charge in [-0.05, 0) is 42.8 Å². The van der Waals surface area contributed by atoms with Crippen molar-refractivity contribution in [2.45, 2.75) is 24.8 Å². The smallest absolute Gasteiger partial charge is 0.244 e. The number of hydrogen-bond acceptors (Lipinski definition) is 4. The van der Waals surface area contributed by atoms with Crippen molar-refractivity contribution in [3.63, 3.8) is 0 Å². The van der Waals surface area contributed by atoms with Crippen LogP contribution in [0.25, 0.3) is 0 Å². The van der Waals surface area contributed by atoms with Gasteiger partial charge in [-0.25, -0.2) is 18.3 Å². The Kier molecular flexibility index (Phi) is 7.19. The summed E-state index contributed by atoms with van der Waals surface area (Å²) in [5.41, 5.74) is 1.99. The Morgan fingerprint density at radius 2 is 1.85 bits per heavy atom. The Morgan fingerprint density at radius 1 is 1.22 bits per heavy atom. The van der Waals surface area contributed by atoms with Crippen LogP contribution in [-0.4, -0.2) is 30.4 Å². The number of aryl methyl sites for hydroxylation is 1. The fraction of sp³-hybridized carbons (Fsp3) is 0.235. The summed E-state index contributed by atoms with van der Waals surface area (Å²) in [6.07, 6.45) is -0.294. The molecule has 146 valence electrons. The normalized spacial score (nSPS) is 11.6. The molecule has 0 heterocycles. The Labute approximate surface area is 166 Å². The Morgan fingerprint density at radius 3 is 2.41 bits per heavy atom. The van der Waals surface area contributed by atoms with Gasteiger partial charge >= 0.3 is 0 Å². The van der Waals surface area contributed by atoms with Crippen LogP contribution in [0, 0.1) is 12.7 Å². The minimum atomic E-state index is -4.09. The van der Waals surface area contributed by atoms with Gasteiger partial charge in [0, 0.05) is 35.1 Å². The lowest BCUT2D eigenvalue weighted by Gasteiger charge is -2.23. The highest BCUT2D eigenvalue weighted by Gasteiger charge is 2.27. The first-order valence-corrected chi connectivity index (χ1v) is 9.98. The van der Waals surface area contributed by atoms with Crippen LogP contribution in [-0.2, 0) is 21.4 Å². The van der Waals surface area contributed by atoms with E-state index in [2.05, 4.69) is 0 Å². The number of amides is 1. The van der Waals surface area contributed by atoms with E-state index < -0.39 is 21.7 Å². The van der Waals surface area contributed by atoms with Crippen LogP contribution in [0.2, 0.25) is 10.0 Å². The number of hydrogen-bond donors (Lipinski definition) is 2. The zero-order chi connectivity index (χ0) is 20.2. The standard InChI is InChI=1S/C17H17Cl2FN2O4S/c1-11-9-12(5-6-16(11)20)27(25,26)22(8-7-17(23)21-24)10-13-14(18)3-2-4-15(13)19/h2-6,9,24H,7-8,10H2,1H3,(H,21,23). The maximum Gasteiger partial charge on any atom is 0.244 e. The fourth-order valence-electron chi connectivity index (χ4n) is 2.35. The largest absolute Gasteiger partial charge is 0.289 e. The molecular formula is C17H17Cl2FN2O4S. The minimum Gasteiger partial charge on any atom is -0.289 e. The molecule has 2 N–H and O–H groups in total. The molecule has 1 amide bonds. The molecule has 0 radical (unpaired) electrons. The molecule has 0 fully saturated rings. The van der Waals surface area contributed by atoms with Crippen molar-refractivity contribution in [2.24, 2.45) is 0 Å². The lowest BCUT2D eigenvalue weighted by molar-refractivity contribution is -0.129. The second-order valence-electron chi connectivity index (χ2n) is 5.73. The highest BCUT2D eigenvalue weighted by molar-refractivity contribution is 7.89. The first-order valence-electron chi connectivity index (χ1n) is 7.79. The zero-order valence-corrected chi connectivity index (χ0v) is 16.6. The van der Waals surface area contributed by atoms with Gasteiger partial charge in [0.25, 0.3) is 0 Å². The topological polar surface area (TPSA) is 86.7 Å². The Hall–Kier alpha value is -1.71. The van der Waals surface area contributed by atoms with Crippen molar-refractivity contribution >= 4 is 39.1 Å². The van der Waals surface area contributed by atoms with Gasteiger partial charge in [-0.2, -0.15) is 4.31 Å². The van der Waals surface area contributed by atoms with Crippen molar-refractivity contribution in [1.29, 1.82) is 0 Å². The molecule has 0 aromatic heterocycles. The molecular weight excluding hydrogens is 418 g/mol. The van der Waals surface area contributed by atoms with Crippen LogP contribution >= 0.6 is 23.2 Å². The first-order chi connectivity index (χ1) is 12.7. The van der Waals surface area contributed by atoms with Crippen LogP contribution in [0.3, 0.4) is 0 Å². The van der Waals surface area contributed by atoms with E-state index in [9.17, 15) is 17.6 Å². The molecule has 0 aliphatic rings. The van der Waals surface area contributed by atoms with Crippen LogP contribution in [0.4, 0.5) is 4.39 Å². The molecule has 2 rings (SSSR count). The van der Waals surface area contributed by atoms with Crippen molar-refractivity contribution in [3.05, 3.63) is 63.4 Å². The summed E-state index contributed by atoms with van der Waals surface area (Å²) in [5, 5.41) is 9.20. The zero-order valence-electron chi connectivity index (χ0n) is 14.2. The van der Waals surface area contributed by atoms with Crippen LogP contribution in [0.1, 0.15) is 17.5 Å². The number of nitrogens with one attached hydrogen (secondary N) is 1. The number of nitrogens with zero attached hydrogens (tertiary/aromatic N) is 1. The van der Waals surface area contributed by atoms with E-state index in [0.29, 0.717) is 5.56 Å². The molecule has 0 unspecified atom stereocenters. The van der Waals surface area contributed by atoms with Gasteiger partial charge < -0.3 is 0 Å². The molecule has 2 aromatic carbocycles. The number of sulfonamides is 1. The molecule has 0 saturated heterocycles. The molecule has 10 heteroatoms. The van der Waals surface area contributed by atoms with Gasteiger partial charge in [-0.3, -0.25) is 10.0 Å². The quantitative estimate of drug-likeness (QED) is 0.515. The molecule has 0 atom stereocenters. The summed E-state index contributed by atoms with van der Waals surface area (Å²) < 4.78 is 40.6. The average Bonchev–Trinajstić information content (AvgIpc) is 2.62. The first kappa shape index (κ1) is 21.6. The van der Waals surface area contributed by atoms with Gasteiger partial charge in [0.1, 0.15) is 5.82 Å². The fourth-order valence-corrected chi connectivity index (χ4v) is 4.36. The van der Waals surface area contributed by atoms with E-state index in [1.54, 1.807) is 18.2 Å². The second-order valence-corrected chi connectivity index (χ2v) is 8.49. The van der Waals surface area contributed by atoms with Gasteiger partial charge in [0.15, 0.2) is 0 Å². The number of hydroxylamine groups is 1. The van der Waals surface area contributed by atoms with E-state index in [4.69, 9.17) is 28.4 Å². The summed E-state index contributed by atoms with van der Waals surface area (Å²) in [4.78, 5) is 11.2.